The summed E-state index contributed by atoms with van der Waals surface area (Å²) in [5.41, 5.74) is 1.82. The van der Waals surface area contributed by atoms with Crippen molar-refractivity contribution in [1.29, 1.82) is 0 Å². The van der Waals surface area contributed by atoms with Gasteiger partial charge in [0.2, 0.25) is 0 Å². The first kappa shape index (κ1) is 20.7. The molecule has 3 aromatic rings. The van der Waals surface area contributed by atoms with Crippen LogP contribution in [-0.4, -0.2) is 20.9 Å². The zero-order valence-electron chi connectivity index (χ0n) is 15.6. The quantitative estimate of drug-likeness (QED) is 0.579. The minimum Gasteiger partial charge on any atom is -0.484 e. The molecule has 3 aromatic carbocycles. The van der Waals surface area contributed by atoms with Gasteiger partial charge in [0.25, 0.3) is 15.9 Å². The number of carbonyl (C=O) groups excluding carboxylic acids is 1. The van der Waals surface area contributed by atoms with Crippen LogP contribution in [0.2, 0.25) is 5.02 Å². The van der Waals surface area contributed by atoms with Crippen LogP contribution >= 0.6 is 11.6 Å². The number of carbonyl (C=O) groups is 1. The number of rotatable bonds is 7. The topological polar surface area (TPSA) is 84.5 Å². The molecule has 0 unspecified atom stereocenters. The van der Waals surface area contributed by atoms with Gasteiger partial charge in [-0.25, -0.2) is 8.42 Å². The van der Waals surface area contributed by atoms with Crippen molar-refractivity contribution in [3.05, 3.63) is 83.4 Å². The SMILES string of the molecule is Cc1ccc(OCC(=O)Nc2cccc(S(=O)(=O)Nc3ccc(Cl)cc3)c2)cc1. The summed E-state index contributed by atoms with van der Waals surface area (Å²) in [6, 6.07) is 19.6. The molecular weight excluding hydrogens is 412 g/mol. The summed E-state index contributed by atoms with van der Waals surface area (Å²) in [6.07, 6.45) is 0. The first-order valence-corrected chi connectivity index (χ1v) is 10.6. The molecule has 2 N–H and O–H groups in total. The van der Waals surface area contributed by atoms with Gasteiger partial charge in [-0.15, -0.1) is 0 Å². The highest BCUT2D eigenvalue weighted by molar-refractivity contribution is 7.92. The Morgan fingerprint density at radius 2 is 1.66 bits per heavy atom. The molecule has 0 saturated heterocycles. The fourth-order valence-electron chi connectivity index (χ4n) is 2.45. The predicted molar refractivity (Wildman–Crippen MR) is 114 cm³/mol. The van der Waals surface area contributed by atoms with Gasteiger partial charge >= 0.3 is 0 Å². The molecule has 0 fully saturated rings. The monoisotopic (exact) mass is 430 g/mol. The summed E-state index contributed by atoms with van der Waals surface area (Å²) < 4.78 is 33.1. The van der Waals surface area contributed by atoms with E-state index in [0.29, 0.717) is 22.1 Å². The maximum atomic E-state index is 12.6. The first-order chi connectivity index (χ1) is 13.8. The maximum Gasteiger partial charge on any atom is 0.262 e. The Morgan fingerprint density at radius 3 is 2.34 bits per heavy atom. The summed E-state index contributed by atoms with van der Waals surface area (Å²) in [7, 11) is -3.82. The van der Waals surface area contributed by atoms with Gasteiger partial charge in [0.15, 0.2) is 6.61 Å². The third-order valence-corrected chi connectivity index (χ3v) is 5.55. The Balaban J connectivity index is 1.64. The molecule has 6 nitrogen and oxygen atoms in total. The van der Waals surface area contributed by atoms with E-state index in [1.165, 1.54) is 12.1 Å². The zero-order chi connectivity index (χ0) is 20.9. The third-order valence-electron chi connectivity index (χ3n) is 3.92. The van der Waals surface area contributed by atoms with Crippen molar-refractivity contribution in [2.75, 3.05) is 16.6 Å². The van der Waals surface area contributed by atoms with E-state index >= 15 is 0 Å². The van der Waals surface area contributed by atoms with Gasteiger partial charge in [-0.2, -0.15) is 0 Å². The van der Waals surface area contributed by atoms with E-state index in [4.69, 9.17) is 16.3 Å². The lowest BCUT2D eigenvalue weighted by atomic mass is 10.2. The summed E-state index contributed by atoms with van der Waals surface area (Å²) in [6.45, 7) is 1.77. The van der Waals surface area contributed by atoms with Gasteiger partial charge in [-0.05, 0) is 61.5 Å². The summed E-state index contributed by atoms with van der Waals surface area (Å²) in [4.78, 5) is 12.1. The van der Waals surface area contributed by atoms with E-state index in [9.17, 15) is 13.2 Å². The minimum atomic E-state index is -3.82. The number of nitrogens with one attached hydrogen (secondary N) is 2. The number of hydrogen-bond donors (Lipinski definition) is 2. The van der Waals surface area contributed by atoms with Gasteiger partial charge in [-0.3, -0.25) is 9.52 Å². The lowest BCUT2D eigenvalue weighted by Gasteiger charge is -2.11. The van der Waals surface area contributed by atoms with E-state index in [1.54, 1.807) is 48.5 Å². The standard InChI is InChI=1S/C21H19ClN2O4S/c1-15-5-11-19(12-6-15)28-14-21(25)23-18-3-2-4-20(13-18)29(26,27)24-17-9-7-16(22)8-10-17/h2-13,24H,14H2,1H3,(H,23,25). The number of sulfonamides is 1. The van der Waals surface area contributed by atoms with E-state index in [2.05, 4.69) is 10.0 Å². The molecule has 0 aliphatic rings. The number of anilines is 2. The van der Waals surface area contributed by atoms with Crippen LogP contribution in [0.3, 0.4) is 0 Å². The Kier molecular flexibility index (Phi) is 6.41. The average molecular weight is 431 g/mol. The van der Waals surface area contributed by atoms with Crippen molar-refractivity contribution in [1.82, 2.24) is 0 Å². The van der Waals surface area contributed by atoms with Crippen LogP contribution in [0, 0.1) is 6.92 Å². The molecule has 0 aliphatic heterocycles. The second kappa shape index (κ2) is 8.98. The first-order valence-electron chi connectivity index (χ1n) is 8.70. The van der Waals surface area contributed by atoms with E-state index < -0.39 is 15.9 Å². The second-order valence-corrected chi connectivity index (χ2v) is 8.41. The summed E-state index contributed by atoms with van der Waals surface area (Å²) in [5.74, 6) is 0.181. The van der Waals surface area contributed by atoms with Crippen LogP contribution in [0.15, 0.2) is 77.7 Å². The highest BCUT2D eigenvalue weighted by Gasteiger charge is 2.15. The Bertz CT molecular complexity index is 1100. The highest BCUT2D eigenvalue weighted by atomic mass is 35.5. The maximum absolute atomic E-state index is 12.6. The Hall–Kier alpha value is -3.03. The van der Waals surface area contributed by atoms with Crippen LogP contribution < -0.4 is 14.8 Å². The second-order valence-electron chi connectivity index (χ2n) is 6.29. The Labute approximate surface area is 174 Å². The molecule has 0 heterocycles. The van der Waals surface area contributed by atoms with Gasteiger partial charge in [0, 0.05) is 16.4 Å². The number of aryl methyl sites for hydroxylation is 1. The summed E-state index contributed by atoms with van der Waals surface area (Å²) >= 11 is 5.81. The number of benzene rings is 3. The molecule has 0 aliphatic carbocycles. The third kappa shape index (κ3) is 5.97. The molecule has 0 radical (unpaired) electrons. The lowest BCUT2D eigenvalue weighted by molar-refractivity contribution is -0.118. The summed E-state index contributed by atoms with van der Waals surface area (Å²) in [5, 5.41) is 3.14. The number of halogens is 1. The smallest absolute Gasteiger partial charge is 0.262 e. The minimum absolute atomic E-state index is 0.0182. The predicted octanol–water partition coefficient (Wildman–Crippen LogP) is 4.47. The molecule has 8 heteroatoms. The van der Waals surface area contributed by atoms with Crippen molar-refractivity contribution in [2.45, 2.75) is 11.8 Å². The molecule has 0 atom stereocenters. The van der Waals surface area contributed by atoms with E-state index in [1.807, 2.05) is 19.1 Å². The molecule has 29 heavy (non-hydrogen) atoms. The van der Waals surface area contributed by atoms with E-state index in [-0.39, 0.29) is 11.5 Å². The van der Waals surface area contributed by atoms with Crippen molar-refractivity contribution < 1.29 is 17.9 Å². The van der Waals surface area contributed by atoms with Crippen LogP contribution in [0.25, 0.3) is 0 Å². The molecule has 0 aromatic heterocycles. The molecule has 1 amide bonds. The molecule has 0 spiro atoms. The number of amides is 1. The van der Waals surface area contributed by atoms with Crippen molar-refractivity contribution in [3.63, 3.8) is 0 Å². The van der Waals surface area contributed by atoms with Crippen LogP contribution in [0.1, 0.15) is 5.56 Å². The zero-order valence-corrected chi connectivity index (χ0v) is 17.1. The normalized spacial score (nSPS) is 11.0. The van der Waals surface area contributed by atoms with Crippen LogP contribution in [-0.2, 0) is 14.8 Å². The fraction of sp³-hybridized carbons (Fsp3) is 0.0952. The van der Waals surface area contributed by atoms with Gasteiger partial charge in [0.05, 0.1) is 4.90 Å². The van der Waals surface area contributed by atoms with Gasteiger partial charge in [-0.1, -0.05) is 35.4 Å². The van der Waals surface area contributed by atoms with Crippen LogP contribution in [0.4, 0.5) is 11.4 Å². The van der Waals surface area contributed by atoms with Gasteiger partial charge < -0.3 is 10.1 Å². The highest BCUT2D eigenvalue weighted by Crippen LogP contribution is 2.21. The lowest BCUT2D eigenvalue weighted by Crippen LogP contribution is -2.20. The van der Waals surface area contributed by atoms with E-state index in [0.717, 1.165) is 5.56 Å². The number of hydrogen-bond acceptors (Lipinski definition) is 4. The Morgan fingerprint density at radius 1 is 0.966 bits per heavy atom. The molecule has 3 rings (SSSR count). The van der Waals surface area contributed by atoms with Crippen LogP contribution in [0.5, 0.6) is 5.75 Å². The van der Waals surface area contributed by atoms with Gasteiger partial charge in [0.1, 0.15) is 5.75 Å². The fourth-order valence-corrected chi connectivity index (χ4v) is 3.68. The molecular formula is C21H19ClN2O4S. The average Bonchev–Trinajstić information content (AvgIpc) is 2.69. The number of ether oxygens (including phenoxy) is 1. The molecule has 150 valence electrons. The molecule has 0 saturated carbocycles. The molecule has 0 bridgehead atoms. The van der Waals surface area contributed by atoms with Crippen molar-refractivity contribution in [3.8, 4) is 5.75 Å². The van der Waals surface area contributed by atoms with Crippen molar-refractivity contribution >= 4 is 38.9 Å². The van der Waals surface area contributed by atoms with Crippen molar-refractivity contribution in [2.24, 2.45) is 0 Å². The largest absolute Gasteiger partial charge is 0.484 e.